The van der Waals surface area contributed by atoms with Gasteiger partial charge in [0.05, 0.1) is 12.2 Å². The van der Waals surface area contributed by atoms with E-state index in [9.17, 15) is 9.18 Å². The smallest absolute Gasteiger partial charge is 0.238 e. The number of nitrogens with zero attached hydrogens (tertiary/aromatic N) is 2. The molecule has 1 amide bonds. The second-order valence-corrected chi connectivity index (χ2v) is 5.83. The highest BCUT2D eigenvalue weighted by atomic mass is 19.1. The Morgan fingerprint density at radius 1 is 1.29 bits per heavy atom. The molecule has 5 nitrogen and oxygen atoms in total. The van der Waals surface area contributed by atoms with Crippen molar-refractivity contribution in [3.8, 4) is 0 Å². The maximum absolute atomic E-state index is 13.6. The summed E-state index contributed by atoms with van der Waals surface area (Å²) in [6.07, 6.45) is 2.63. The molecular formula is C15H21FN4O. The number of benzene rings is 1. The molecule has 6 heteroatoms. The molecular weight excluding hydrogens is 271 g/mol. The van der Waals surface area contributed by atoms with E-state index in [-0.39, 0.29) is 11.6 Å². The van der Waals surface area contributed by atoms with Crippen LogP contribution in [0, 0.1) is 5.82 Å². The van der Waals surface area contributed by atoms with Crippen molar-refractivity contribution in [3.05, 3.63) is 24.0 Å². The molecule has 0 bridgehead atoms. The third kappa shape index (κ3) is 3.71. The normalized spacial score (nSPS) is 20.4. The van der Waals surface area contributed by atoms with Crippen LogP contribution in [0.4, 0.5) is 15.8 Å². The monoisotopic (exact) mass is 292 g/mol. The zero-order valence-electron chi connectivity index (χ0n) is 12.0. The number of halogens is 1. The highest BCUT2D eigenvalue weighted by molar-refractivity contribution is 5.92. The standard InChI is InChI=1S/C15H21FN4O/c16-13-4-1-11(17)9-14(13)18-15(21)10-19-5-7-20(8-6-19)12-2-3-12/h1,4,9,12H,2-3,5-8,10,17H2,(H,18,21). The second kappa shape index (κ2) is 5.99. The molecule has 21 heavy (non-hydrogen) atoms. The third-order valence-corrected chi connectivity index (χ3v) is 4.10. The molecule has 2 fully saturated rings. The van der Waals surface area contributed by atoms with Crippen LogP contribution in [0.25, 0.3) is 0 Å². The van der Waals surface area contributed by atoms with Crippen LogP contribution in [0.5, 0.6) is 0 Å². The number of nitrogens with two attached hydrogens (primary N) is 1. The predicted molar refractivity (Wildman–Crippen MR) is 80.5 cm³/mol. The van der Waals surface area contributed by atoms with E-state index in [1.54, 1.807) is 0 Å². The molecule has 1 heterocycles. The van der Waals surface area contributed by atoms with Crippen LogP contribution in [0.2, 0.25) is 0 Å². The largest absolute Gasteiger partial charge is 0.399 e. The summed E-state index contributed by atoms with van der Waals surface area (Å²) in [7, 11) is 0. The lowest BCUT2D eigenvalue weighted by Gasteiger charge is -2.34. The van der Waals surface area contributed by atoms with Crippen molar-refractivity contribution >= 4 is 17.3 Å². The van der Waals surface area contributed by atoms with Crippen molar-refractivity contribution in [2.45, 2.75) is 18.9 Å². The van der Waals surface area contributed by atoms with Crippen LogP contribution in [-0.2, 0) is 4.79 Å². The van der Waals surface area contributed by atoms with Crippen molar-refractivity contribution in [1.29, 1.82) is 0 Å². The Kier molecular flexibility index (Phi) is 4.07. The summed E-state index contributed by atoms with van der Waals surface area (Å²) in [5.74, 6) is -0.657. The minimum absolute atomic E-state index is 0.150. The summed E-state index contributed by atoms with van der Waals surface area (Å²) >= 11 is 0. The van der Waals surface area contributed by atoms with Gasteiger partial charge in [-0.25, -0.2) is 4.39 Å². The first-order chi connectivity index (χ1) is 10.1. The van der Waals surface area contributed by atoms with Gasteiger partial charge in [-0.1, -0.05) is 0 Å². The number of piperazine rings is 1. The molecule has 0 radical (unpaired) electrons. The molecule has 0 unspecified atom stereocenters. The lowest BCUT2D eigenvalue weighted by Crippen LogP contribution is -2.49. The van der Waals surface area contributed by atoms with Crippen LogP contribution >= 0.6 is 0 Å². The number of anilines is 2. The van der Waals surface area contributed by atoms with Crippen LogP contribution in [0.15, 0.2) is 18.2 Å². The van der Waals surface area contributed by atoms with Gasteiger partial charge >= 0.3 is 0 Å². The van der Waals surface area contributed by atoms with Gasteiger partial charge in [0.25, 0.3) is 0 Å². The van der Waals surface area contributed by atoms with E-state index in [1.165, 1.54) is 31.0 Å². The minimum atomic E-state index is -0.462. The molecule has 0 atom stereocenters. The average Bonchev–Trinajstić information content (AvgIpc) is 3.28. The molecule has 114 valence electrons. The maximum Gasteiger partial charge on any atom is 0.238 e. The Balaban J connectivity index is 1.49. The summed E-state index contributed by atoms with van der Waals surface area (Å²) in [6.45, 7) is 4.12. The number of nitrogens with one attached hydrogen (secondary N) is 1. The van der Waals surface area contributed by atoms with Gasteiger partial charge < -0.3 is 11.1 Å². The molecule has 0 spiro atoms. The van der Waals surface area contributed by atoms with Crippen LogP contribution in [0.3, 0.4) is 0 Å². The van der Waals surface area contributed by atoms with Crippen molar-refractivity contribution in [1.82, 2.24) is 9.80 Å². The second-order valence-electron chi connectivity index (χ2n) is 5.83. The van der Waals surface area contributed by atoms with Gasteiger partial charge in [0.2, 0.25) is 5.91 Å². The van der Waals surface area contributed by atoms with Gasteiger partial charge in [-0.2, -0.15) is 0 Å². The zero-order valence-corrected chi connectivity index (χ0v) is 12.0. The number of hydrogen-bond acceptors (Lipinski definition) is 4. The fourth-order valence-electron chi connectivity index (χ4n) is 2.76. The molecule has 1 aromatic rings. The van der Waals surface area contributed by atoms with Gasteiger partial charge in [-0.15, -0.1) is 0 Å². The highest BCUT2D eigenvalue weighted by Crippen LogP contribution is 2.27. The summed E-state index contributed by atoms with van der Waals surface area (Å²) in [5, 5.41) is 2.60. The van der Waals surface area contributed by atoms with Gasteiger partial charge in [-0.05, 0) is 31.0 Å². The molecule has 1 aromatic carbocycles. The van der Waals surface area contributed by atoms with Crippen molar-refractivity contribution in [3.63, 3.8) is 0 Å². The first-order valence-electron chi connectivity index (χ1n) is 7.43. The summed E-state index contributed by atoms with van der Waals surface area (Å²) in [5.41, 5.74) is 6.19. The lowest BCUT2D eigenvalue weighted by atomic mass is 10.2. The molecule has 2 aliphatic rings. The molecule has 1 aliphatic heterocycles. The van der Waals surface area contributed by atoms with Crippen LogP contribution in [0.1, 0.15) is 12.8 Å². The van der Waals surface area contributed by atoms with E-state index in [0.29, 0.717) is 12.2 Å². The van der Waals surface area contributed by atoms with E-state index in [2.05, 4.69) is 15.1 Å². The fraction of sp³-hybridized carbons (Fsp3) is 0.533. The van der Waals surface area contributed by atoms with Gasteiger partial charge in [0, 0.05) is 37.9 Å². The van der Waals surface area contributed by atoms with E-state index in [4.69, 9.17) is 5.73 Å². The fourth-order valence-corrected chi connectivity index (χ4v) is 2.76. The van der Waals surface area contributed by atoms with Gasteiger partial charge in [-0.3, -0.25) is 14.6 Å². The number of amides is 1. The summed E-state index contributed by atoms with van der Waals surface area (Å²) in [6, 6.07) is 4.96. The Morgan fingerprint density at radius 3 is 2.67 bits per heavy atom. The first kappa shape index (κ1) is 14.3. The number of hydrogen-bond donors (Lipinski definition) is 2. The van der Waals surface area contributed by atoms with Crippen LogP contribution in [-0.4, -0.2) is 54.5 Å². The highest BCUT2D eigenvalue weighted by Gasteiger charge is 2.31. The molecule has 1 saturated carbocycles. The van der Waals surface area contributed by atoms with Crippen molar-refractivity contribution < 1.29 is 9.18 Å². The molecule has 1 saturated heterocycles. The molecule has 3 N–H and O–H groups in total. The van der Waals surface area contributed by atoms with Crippen molar-refractivity contribution in [2.75, 3.05) is 43.8 Å². The van der Waals surface area contributed by atoms with E-state index in [1.807, 2.05) is 0 Å². The lowest BCUT2D eigenvalue weighted by molar-refractivity contribution is -0.117. The number of nitrogen functional groups attached to an aromatic ring is 1. The van der Waals surface area contributed by atoms with E-state index < -0.39 is 5.82 Å². The molecule has 1 aliphatic carbocycles. The quantitative estimate of drug-likeness (QED) is 0.817. The molecule has 3 rings (SSSR count). The Labute approximate surface area is 123 Å². The first-order valence-corrected chi connectivity index (χ1v) is 7.43. The number of carbonyl (C=O) groups excluding carboxylic acids is 1. The van der Waals surface area contributed by atoms with E-state index >= 15 is 0 Å². The zero-order chi connectivity index (χ0) is 14.8. The Morgan fingerprint density at radius 2 is 2.00 bits per heavy atom. The summed E-state index contributed by atoms with van der Waals surface area (Å²) < 4.78 is 13.6. The topological polar surface area (TPSA) is 61.6 Å². The maximum atomic E-state index is 13.6. The third-order valence-electron chi connectivity index (χ3n) is 4.10. The minimum Gasteiger partial charge on any atom is -0.399 e. The van der Waals surface area contributed by atoms with Crippen molar-refractivity contribution in [2.24, 2.45) is 0 Å². The SMILES string of the molecule is Nc1ccc(F)c(NC(=O)CN2CCN(C3CC3)CC2)c1. The van der Waals surface area contributed by atoms with Gasteiger partial charge in [0.15, 0.2) is 0 Å². The average molecular weight is 292 g/mol. The molecule has 0 aromatic heterocycles. The number of carbonyl (C=O) groups is 1. The van der Waals surface area contributed by atoms with Gasteiger partial charge in [0.1, 0.15) is 5.82 Å². The Hall–Kier alpha value is -1.66. The summed E-state index contributed by atoms with van der Waals surface area (Å²) in [4.78, 5) is 16.6. The predicted octanol–water partition coefficient (Wildman–Crippen LogP) is 1.13. The number of rotatable bonds is 4. The van der Waals surface area contributed by atoms with Crippen LogP contribution < -0.4 is 11.1 Å². The van der Waals surface area contributed by atoms with E-state index in [0.717, 1.165) is 32.2 Å². The Bertz CT molecular complexity index is 524.